The van der Waals surface area contributed by atoms with Gasteiger partial charge in [-0.3, -0.25) is 0 Å². The van der Waals surface area contributed by atoms with E-state index >= 15 is 0 Å². The van der Waals surface area contributed by atoms with E-state index < -0.39 is 0 Å². The van der Waals surface area contributed by atoms with E-state index in [2.05, 4.69) is 15.9 Å². The number of benzene rings is 1. The van der Waals surface area contributed by atoms with Gasteiger partial charge in [-0.25, -0.2) is 4.39 Å². The van der Waals surface area contributed by atoms with Crippen LogP contribution in [-0.4, -0.2) is 0 Å². The first kappa shape index (κ1) is 15.3. The van der Waals surface area contributed by atoms with Gasteiger partial charge in [0.1, 0.15) is 5.82 Å². The highest BCUT2D eigenvalue weighted by atomic mass is 79.9. The molecule has 1 aliphatic rings. The van der Waals surface area contributed by atoms with Crippen LogP contribution < -0.4 is 0 Å². The lowest BCUT2D eigenvalue weighted by Gasteiger charge is -2.26. The van der Waals surface area contributed by atoms with Gasteiger partial charge in [0.15, 0.2) is 0 Å². The summed E-state index contributed by atoms with van der Waals surface area (Å²) in [7, 11) is 0. The zero-order chi connectivity index (χ0) is 13.8. The molecule has 1 atom stereocenters. The molecule has 0 heterocycles. The first-order valence-corrected chi connectivity index (χ1v) is 8.48. The Morgan fingerprint density at radius 3 is 2.37 bits per heavy atom. The summed E-state index contributed by atoms with van der Waals surface area (Å²) < 4.78 is 13.5. The smallest absolute Gasteiger partial charge is 0.127 e. The van der Waals surface area contributed by atoms with Crippen molar-refractivity contribution in [2.75, 3.05) is 0 Å². The topological polar surface area (TPSA) is 0 Å². The molecule has 0 bridgehead atoms. The van der Waals surface area contributed by atoms with E-state index in [9.17, 15) is 4.39 Å². The largest absolute Gasteiger partial charge is 0.207 e. The second-order valence-corrected chi connectivity index (χ2v) is 7.02. The van der Waals surface area contributed by atoms with E-state index in [1.807, 2.05) is 6.07 Å². The molecule has 0 N–H and O–H groups in total. The molecule has 0 aliphatic heterocycles. The molecule has 0 nitrogen and oxygen atoms in total. The van der Waals surface area contributed by atoms with E-state index in [4.69, 9.17) is 11.6 Å². The quantitative estimate of drug-likeness (QED) is 0.530. The van der Waals surface area contributed by atoms with Crippen LogP contribution in [0.4, 0.5) is 4.39 Å². The Kier molecular flexibility index (Phi) is 5.70. The van der Waals surface area contributed by atoms with Crippen LogP contribution in [0.5, 0.6) is 0 Å². The van der Waals surface area contributed by atoms with Crippen LogP contribution in [0.1, 0.15) is 60.9 Å². The van der Waals surface area contributed by atoms with Crippen molar-refractivity contribution in [1.82, 2.24) is 0 Å². The summed E-state index contributed by atoms with van der Waals surface area (Å²) in [5.41, 5.74) is 1.72. The molecule has 0 aromatic heterocycles. The highest BCUT2D eigenvalue weighted by Gasteiger charge is 2.23. The molecule has 3 heteroatoms. The third-order valence-electron chi connectivity index (χ3n) is 4.14. The molecule has 0 radical (unpaired) electrons. The summed E-state index contributed by atoms with van der Waals surface area (Å²) in [5.74, 6) is 0.397. The lowest BCUT2D eigenvalue weighted by atomic mass is 9.86. The zero-order valence-corrected chi connectivity index (χ0v) is 13.7. The Hall–Kier alpha value is -0.0800. The van der Waals surface area contributed by atoms with Crippen molar-refractivity contribution in [2.45, 2.75) is 56.7 Å². The van der Waals surface area contributed by atoms with Crippen molar-refractivity contribution in [3.05, 3.63) is 34.1 Å². The van der Waals surface area contributed by atoms with Gasteiger partial charge in [-0.2, -0.15) is 0 Å². The van der Waals surface area contributed by atoms with E-state index in [0.29, 0.717) is 16.5 Å². The molecule has 1 fully saturated rings. The minimum absolute atomic E-state index is 0.217. The molecule has 1 aliphatic carbocycles. The summed E-state index contributed by atoms with van der Waals surface area (Å²) in [6, 6.07) is 3.35. The van der Waals surface area contributed by atoms with Crippen molar-refractivity contribution in [2.24, 2.45) is 5.92 Å². The molecule has 1 aromatic rings. The Labute approximate surface area is 128 Å². The van der Waals surface area contributed by atoms with Crippen LogP contribution in [0.2, 0.25) is 5.02 Å². The van der Waals surface area contributed by atoms with Gasteiger partial charge in [-0.1, -0.05) is 65.7 Å². The average Bonchev–Trinajstić information content (AvgIpc) is 2.32. The molecule has 0 spiro atoms. The Morgan fingerprint density at radius 2 is 1.74 bits per heavy atom. The molecule has 0 amide bonds. The van der Waals surface area contributed by atoms with Gasteiger partial charge in [0.2, 0.25) is 0 Å². The maximum atomic E-state index is 13.5. The number of halogens is 3. The normalized spacial score (nSPS) is 19.8. The second-order valence-electron chi connectivity index (χ2n) is 5.63. The highest BCUT2D eigenvalue weighted by Crippen LogP contribution is 2.41. The van der Waals surface area contributed by atoms with Gasteiger partial charge < -0.3 is 0 Å². The zero-order valence-electron chi connectivity index (χ0n) is 11.4. The van der Waals surface area contributed by atoms with E-state index in [1.54, 1.807) is 6.92 Å². The maximum absolute atomic E-state index is 13.5. The number of hydrogen-bond donors (Lipinski definition) is 0. The number of aryl methyl sites for hydroxylation is 1. The number of hydrogen-bond acceptors (Lipinski definition) is 0. The molecule has 1 saturated carbocycles. The Morgan fingerprint density at radius 1 is 1.16 bits per heavy atom. The van der Waals surface area contributed by atoms with E-state index in [1.165, 1.54) is 51.0 Å². The molecular formula is C16H21BrClF. The molecule has 2 rings (SSSR count). The fraction of sp³-hybridized carbons (Fsp3) is 0.625. The van der Waals surface area contributed by atoms with Crippen molar-refractivity contribution in [1.29, 1.82) is 0 Å². The van der Waals surface area contributed by atoms with E-state index in [-0.39, 0.29) is 10.6 Å². The van der Waals surface area contributed by atoms with Crippen LogP contribution in [-0.2, 0) is 0 Å². The predicted molar refractivity (Wildman–Crippen MR) is 83.6 cm³/mol. The van der Waals surface area contributed by atoms with E-state index in [0.717, 1.165) is 5.56 Å². The standard InChI is InChI=1S/C16H21BrClF/c1-11-9-13(14(18)10-15(11)19)16(17)12-7-5-3-2-4-6-8-12/h9-10,12,16H,2-8H2,1H3. The Balaban J connectivity index is 2.17. The lowest BCUT2D eigenvalue weighted by Crippen LogP contribution is -2.11. The first-order valence-electron chi connectivity index (χ1n) is 7.19. The summed E-state index contributed by atoms with van der Waals surface area (Å²) in [4.78, 5) is 0.248. The minimum Gasteiger partial charge on any atom is -0.207 e. The van der Waals surface area contributed by atoms with Crippen LogP contribution in [0.15, 0.2) is 12.1 Å². The fourth-order valence-electron chi connectivity index (χ4n) is 2.93. The van der Waals surface area contributed by atoms with Crippen molar-refractivity contribution in [3.63, 3.8) is 0 Å². The fourth-order valence-corrected chi connectivity index (χ4v) is 4.23. The van der Waals surface area contributed by atoms with Crippen LogP contribution >= 0.6 is 27.5 Å². The monoisotopic (exact) mass is 346 g/mol. The van der Waals surface area contributed by atoms with Gasteiger partial charge >= 0.3 is 0 Å². The highest BCUT2D eigenvalue weighted by molar-refractivity contribution is 9.09. The molecular weight excluding hydrogens is 327 g/mol. The summed E-state index contributed by atoms with van der Waals surface area (Å²) >= 11 is 10.0. The Bertz CT molecular complexity index is 425. The van der Waals surface area contributed by atoms with Gasteiger partial charge in [0.25, 0.3) is 0 Å². The SMILES string of the molecule is Cc1cc(C(Br)C2CCCCCCC2)c(Cl)cc1F. The average molecular weight is 348 g/mol. The maximum Gasteiger partial charge on any atom is 0.127 e. The van der Waals surface area contributed by atoms with Crippen molar-refractivity contribution < 1.29 is 4.39 Å². The van der Waals surface area contributed by atoms with Crippen molar-refractivity contribution in [3.8, 4) is 0 Å². The van der Waals surface area contributed by atoms with Crippen molar-refractivity contribution >= 4 is 27.5 Å². The lowest BCUT2D eigenvalue weighted by molar-refractivity contribution is 0.374. The predicted octanol–water partition coefficient (Wildman–Crippen LogP) is 6.58. The molecule has 106 valence electrons. The summed E-state index contributed by atoms with van der Waals surface area (Å²) in [6.07, 6.45) is 9.12. The van der Waals surface area contributed by atoms with Gasteiger partial charge in [0.05, 0.1) is 0 Å². The minimum atomic E-state index is -0.217. The summed E-state index contributed by atoms with van der Waals surface area (Å²) in [6.45, 7) is 1.80. The van der Waals surface area contributed by atoms with Crippen LogP contribution in [0, 0.1) is 18.7 Å². The second kappa shape index (κ2) is 7.08. The number of rotatable bonds is 2. The van der Waals surface area contributed by atoms with Gasteiger partial charge in [-0.15, -0.1) is 0 Å². The third-order valence-corrected chi connectivity index (χ3v) is 5.71. The first-order chi connectivity index (χ1) is 9.09. The molecule has 1 unspecified atom stereocenters. The van der Waals surface area contributed by atoms with Crippen LogP contribution in [0.25, 0.3) is 0 Å². The molecule has 1 aromatic carbocycles. The molecule has 0 saturated heterocycles. The number of alkyl halides is 1. The van der Waals surface area contributed by atoms with Gasteiger partial charge in [0, 0.05) is 9.85 Å². The third kappa shape index (κ3) is 3.95. The molecule has 19 heavy (non-hydrogen) atoms. The summed E-state index contributed by atoms with van der Waals surface area (Å²) in [5, 5.41) is 0.548. The van der Waals surface area contributed by atoms with Crippen LogP contribution in [0.3, 0.4) is 0 Å². The van der Waals surface area contributed by atoms with Gasteiger partial charge in [-0.05, 0) is 42.9 Å².